The zero-order valence-corrected chi connectivity index (χ0v) is 8.89. The van der Waals surface area contributed by atoms with Crippen molar-refractivity contribution in [1.82, 2.24) is 20.2 Å². The topological polar surface area (TPSA) is 55.6 Å². The van der Waals surface area contributed by atoms with E-state index in [1.165, 1.54) is 10.7 Å². The number of halogens is 1. The monoisotopic (exact) mass is 221 g/mol. The smallest absolute Gasteiger partial charge is 0.242 e. The van der Waals surface area contributed by atoms with E-state index in [1.807, 2.05) is 6.07 Å². The average Bonchev–Trinajstić information content (AvgIpc) is 2.67. The molecule has 2 aromatic rings. The summed E-state index contributed by atoms with van der Waals surface area (Å²) in [5, 5.41) is 14.0. The molecule has 0 spiro atoms. The Hall–Kier alpha value is -1.98. The van der Waals surface area contributed by atoms with E-state index in [1.54, 1.807) is 19.2 Å². The lowest BCUT2D eigenvalue weighted by Crippen LogP contribution is -2.10. The van der Waals surface area contributed by atoms with Crippen LogP contribution in [0.25, 0.3) is 0 Å². The fourth-order valence-electron chi connectivity index (χ4n) is 1.39. The number of tetrazole rings is 1. The summed E-state index contributed by atoms with van der Waals surface area (Å²) in [5.41, 5.74) is 0.685. The lowest BCUT2D eigenvalue weighted by atomic mass is 10.1. The highest BCUT2D eigenvalue weighted by Gasteiger charge is 2.02. The van der Waals surface area contributed by atoms with Crippen molar-refractivity contribution in [3.63, 3.8) is 0 Å². The SMILES string of the molecule is Cn1nnnc1NCCc1ccccc1F. The summed E-state index contributed by atoms with van der Waals surface area (Å²) in [6.07, 6.45) is 0.597. The summed E-state index contributed by atoms with van der Waals surface area (Å²) in [6.45, 7) is 0.592. The Morgan fingerprint density at radius 1 is 1.38 bits per heavy atom. The minimum Gasteiger partial charge on any atom is -0.353 e. The predicted molar refractivity (Wildman–Crippen MR) is 57.4 cm³/mol. The van der Waals surface area contributed by atoms with Crippen LogP contribution in [0.4, 0.5) is 10.3 Å². The van der Waals surface area contributed by atoms with E-state index in [9.17, 15) is 4.39 Å². The van der Waals surface area contributed by atoms with Crippen LogP contribution in [-0.4, -0.2) is 26.8 Å². The summed E-state index contributed by atoms with van der Waals surface area (Å²) in [4.78, 5) is 0. The molecular formula is C10H12FN5. The molecule has 1 N–H and O–H groups in total. The van der Waals surface area contributed by atoms with Crippen molar-refractivity contribution in [1.29, 1.82) is 0 Å². The Bertz CT molecular complexity index is 468. The van der Waals surface area contributed by atoms with Crippen molar-refractivity contribution in [2.45, 2.75) is 6.42 Å². The molecule has 1 aromatic carbocycles. The number of aryl methyl sites for hydroxylation is 1. The van der Waals surface area contributed by atoms with E-state index in [2.05, 4.69) is 20.8 Å². The van der Waals surface area contributed by atoms with Gasteiger partial charge >= 0.3 is 0 Å². The molecule has 1 heterocycles. The van der Waals surface area contributed by atoms with Gasteiger partial charge in [-0.25, -0.2) is 9.07 Å². The third-order valence-electron chi connectivity index (χ3n) is 2.26. The van der Waals surface area contributed by atoms with E-state index in [0.29, 0.717) is 24.5 Å². The number of anilines is 1. The second-order valence-corrected chi connectivity index (χ2v) is 3.39. The first-order chi connectivity index (χ1) is 7.77. The van der Waals surface area contributed by atoms with Crippen LogP contribution in [0.3, 0.4) is 0 Å². The van der Waals surface area contributed by atoms with Gasteiger partial charge in [0.15, 0.2) is 0 Å². The van der Waals surface area contributed by atoms with Gasteiger partial charge in [-0.2, -0.15) is 0 Å². The van der Waals surface area contributed by atoms with Crippen molar-refractivity contribution < 1.29 is 4.39 Å². The van der Waals surface area contributed by atoms with Gasteiger partial charge < -0.3 is 5.32 Å². The Balaban J connectivity index is 1.89. The summed E-state index contributed by atoms with van der Waals surface area (Å²) in [5.74, 6) is 0.400. The third kappa shape index (κ3) is 2.33. The van der Waals surface area contributed by atoms with Gasteiger partial charge in [0.25, 0.3) is 0 Å². The van der Waals surface area contributed by atoms with Crippen LogP contribution >= 0.6 is 0 Å². The minimum absolute atomic E-state index is 0.180. The molecule has 0 saturated carbocycles. The summed E-state index contributed by atoms with van der Waals surface area (Å²) < 4.78 is 14.8. The van der Waals surface area contributed by atoms with Crippen LogP contribution in [0, 0.1) is 5.82 Å². The largest absolute Gasteiger partial charge is 0.353 e. The van der Waals surface area contributed by atoms with Crippen molar-refractivity contribution in [2.24, 2.45) is 7.05 Å². The highest BCUT2D eigenvalue weighted by atomic mass is 19.1. The van der Waals surface area contributed by atoms with Crippen molar-refractivity contribution in [3.8, 4) is 0 Å². The quantitative estimate of drug-likeness (QED) is 0.837. The van der Waals surface area contributed by atoms with Gasteiger partial charge in [0.2, 0.25) is 5.95 Å². The third-order valence-corrected chi connectivity index (χ3v) is 2.26. The zero-order valence-electron chi connectivity index (χ0n) is 8.89. The number of hydrogen-bond donors (Lipinski definition) is 1. The molecule has 0 aliphatic rings. The number of aromatic nitrogens is 4. The molecule has 0 aliphatic carbocycles. The van der Waals surface area contributed by atoms with E-state index >= 15 is 0 Å². The lowest BCUT2D eigenvalue weighted by molar-refractivity contribution is 0.610. The number of nitrogens with one attached hydrogen (secondary N) is 1. The lowest BCUT2D eigenvalue weighted by Gasteiger charge is -2.04. The number of hydrogen-bond acceptors (Lipinski definition) is 4. The van der Waals surface area contributed by atoms with Crippen molar-refractivity contribution in [3.05, 3.63) is 35.6 Å². The summed E-state index contributed by atoms with van der Waals surface area (Å²) in [6, 6.07) is 6.73. The maximum atomic E-state index is 13.3. The van der Waals surface area contributed by atoms with Crippen LogP contribution in [0.15, 0.2) is 24.3 Å². The zero-order chi connectivity index (χ0) is 11.4. The fraction of sp³-hybridized carbons (Fsp3) is 0.300. The van der Waals surface area contributed by atoms with E-state index < -0.39 is 0 Å². The molecule has 0 unspecified atom stereocenters. The molecule has 0 fully saturated rings. The molecule has 2 rings (SSSR count). The Kier molecular flexibility index (Phi) is 3.09. The first-order valence-electron chi connectivity index (χ1n) is 4.97. The van der Waals surface area contributed by atoms with Gasteiger partial charge in [-0.1, -0.05) is 23.3 Å². The molecule has 0 saturated heterocycles. The molecule has 84 valence electrons. The predicted octanol–water partition coefficient (Wildman–Crippen LogP) is 1.00. The molecule has 6 heteroatoms. The van der Waals surface area contributed by atoms with Crippen molar-refractivity contribution >= 4 is 5.95 Å². The van der Waals surface area contributed by atoms with E-state index in [0.717, 1.165) is 0 Å². The molecule has 0 aliphatic heterocycles. The van der Waals surface area contributed by atoms with Gasteiger partial charge in [0, 0.05) is 13.6 Å². The molecule has 0 amide bonds. The molecule has 0 bridgehead atoms. The van der Waals surface area contributed by atoms with E-state index in [-0.39, 0.29) is 5.82 Å². The van der Waals surface area contributed by atoms with Gasteiger partial charge in [-0.3, -0.25) is 0 Å². The average molecular weight is 221 g/mol. The minimum atomic E-state index is -0.180. The molecule has 5 nitrogen and oxygen atoms in total. The van der Waals surface area contributed by atoms with Crippen molar-refractivity contribution in [2.75, 3.05) is 11.9 Å². The van der Waals surface area contributed by atoms with Crippen LogP contribution in [0.2, 0.25) is 0 Å². The molecule has 1 aromatic heterocycles. The maximum Gasteiger partial charge on any atom is 0.242 e. The highest BCUT2D eigenvalue weighted by Crippen LogP contribution is 2.07. The Morgan fingerprint density at radius 3 is 2.88 bits per heavy atom. The summed E-state index contributed by atoms with van der Waals surface area (Å²) in [7, 11) is 1.74. The van der Waals surface area contributed by atoms with Gasteiger partial charge in [0.1, 0.15) is 5.82 Å². The van der Waals surface area contributed by atoms with Crippen LogP contribution in [0.1, 0.15) is 5.56 Å². The van der Waals surface area contributed by atoms with Crippen LogP contribution < -0.4 is 5.32 Å². The first kappa shape index (κ1) is 10.5. The molecule has 16 heavy (non-hydrogen) atoms. The van der Waals surface area contributed by atoms with Gasteiger partial charge in [-0.15, -0.1) is 0 Å². The second kappa shape index (κ2) is 4.69. The molecule has 0 radical (unpaired) electrons. The number of nitrogens with zero attached hydrogens (tertiary/aromatic N) is 4. The Morgan fingerprint density at radius 2 is 2.19 bits per heavy atom. The Labute approximate surface area is 92.3 Å². The number of benzene rings is 1. The van der Waals surface area contributed by atoms with Crippen LogP contribution in [-0.2, 0) is 13.5 Å². The van der Waals surface area contributed by atoms with Gasteiger partial charge in [0.05, 0.1) is 0 Å². The molecule has 0 atom stereocenters. The highest BCUT2D eigenvalue weighted by molar-refractivity contribution is 5.23. The standard InChI is InChI=1S/C10H12FN5/c1-16-10(13-14-15-16)12-7-6-8-4-2-3-5-9(8)11/h2-5H,6-7H2,1H3,(H,12,13,15). The van der Waals surface area contributed by atoms with Gasteiger partial charge in [-0.05, 0) is 28.5 Å². The second-order valence-electron chi connectivity index (χ2n) is 3.39. The number of rotatable bonds is 4. The molecular weight excluding hydrogens is 209 g/mol. The first-order valence-corrected chi connectivity index (χ1v) is 4.97. The fourth-order valence-corrected chi connectivity index (χ4v) is 1.39. The normalized spacial score (nSPS) is 10.4. The summed E-state index contributed by atoms with van der Waals surface area (Å²) >= 11 is 0. The van der Waals surface area contributed by atoms with Crippen LogP contribution in [0.5, 0.6) is 0 Å². The van der Waals surface area contributed by atoms with E-state index in [4.69, 9.17) is 0 Å². The maximum absolute atomic E-state index is 13.3.